The summed E-state index contributed by atoms with van der Waals surface area (Å²) < 4.78 is 6.71. The molecule has 0 fully saturated rings. The topological polar surface area (TPSA) is 86.1 Å². The Morgan fingerprint density at radius 1 is 1.33 bits per heavy atom. The van der Waals surface area contributed by atoms with Crippen LogP contribution >= 0.6 is 11.8 Å². The standard InChI is InChI=1S/C19H18N4O3S/c1-3-11-23-18(25)13-7-6-10-20-17(13)22-19(23)27-12-16(24)21-14-8-4-5-9-15(14)26-2/h3-10H,1,11-12H2,2H3,(H,21,24). The molecule has 0 bridgehead atoms. The van der Waals surface area contributed by atoms with E-state index in [9.17, 15) is 9.59 Å². The van der Waals surface area contributed by atoms with Crippen LogP contribution in [-0.4, -0.2) is 33.3 Å². The molecule has 7 nitrogen and oxygen atoms in total. The third kappa shape index (κ3) is 4.17. The monoisotopic (exact) mass is 382 g/mol. The average molecular weight is 382 g/mol. The number of carbonyl (C=O) groups is 1. The zero-order chi connectivity index (χ0) is 19.2. The Labute approximate surface area is 160 Å². The first kappa shape index (κ1) is 18.7. The number of pyridine rings is 1. The van der Waals surface area contributed by atoms with E-state index in [0.29, 0.717) is 34.2 Å². The van der Waals surface area contributed by atoms with Crippen molar-refractivity contribution in [2.75, 3.05) is 18.2 Å². The van der Waals surface area contributed by atoms with Gasteiger partial charge in [0.2, 0.25) is 5.91 Å². The summed E-state index contributed by atoms with van der Waals surface area (Å²) in [6.45, 7) is 3.98. The largest absolute Gasteiger partial charge is 0.495 e. The molecule has 0 spiro atoms. The van der Waals surface area contributed by atoms with Gasteiger partial charge in [-0.05, 0) is 24.3 Å². The molecular formula is C19H18N4O3S. The van der Waals surface area contributed by atoms with Crippen LogP contribution in [0.3, 0.4) is 0 Å². The zero-order valence-corrected chi connectivity index (χ0v) is 15.5. The van der Waals surface area contributed by atoms with Crippen molar-refractivity contribution in [1.29, 1.82) is 0 Å². The highest BCUT2D eigenvalue weighted by molar-refractivity contribution is 7.99. The lowest BCUT2D eigenvalue weighted by molar-refractivity contribution is -0.113. The number of para-hydroxylation sites is 2. The van der Waals surface area contributed by atoms with Gasteiger partial charge >= 0.3 is 0 Å². The van der Waals surface area contributed by atoms with Crippen LogP contribution in [-0.2, 0) is 11.3 Å². The molecule has 27 heavy (non-hydrogen) atoms. The minimum atomic E-state index is -0.231. The summed E-state index contributed by atoms with van der Waals surface area (Å²) in [6, 6.07) is 10.5. The smallest absolute Gasteiger partial charge is 0.263 e. The summed E-state index contributed by atoms with van der Waals surface area (Å²) in [5.74, 6) is 0.428. The van der Waals surface area contributed by atoms with Gasteiger partial charge in [0.1, 0.15) is 5.75 Å². The van der Waals surface area contributed by atoms with Gasteiger partial charge < -0.3 is 10.1 Å². The highest BCUT2D eigenvalue weighted by Gasteiger charge is 2.14. The van der Waals surface area contributed by atoms with E-state index in [1.807, 2.05) is 12.1 Å². The van der Waals surface area contributed by atoms with E-state index in [0.717, 1.165) is 0 Å². The normalized spacial score (nSPS) is 10.6. The second-order valence-electron chi connectivity index (χ2n) is 5.51. The van der Waals surface area contributed by atoms with Crippen molar-refractivity contribution in [2.45, 2.75) is 11.7 Å². The summed E-state index contributed by atoms with van der Waals surface area (Å²) in [4.78, 5) is 33.6. The zero-order valence-electron chi connectivity index (χ0n) is 14.7. The number of hydrogen-bond acceptors (Lipinski definition) is 6. The predicted octanol–water partition coefficient (Wildman–Crippen LogP) is 2.72. The number of carbonyl (C=O) groups excluding carboxylic acids is 1. The molecule has 0 unspecified atom stereocenters. The minimum absolute atomic E-state index is 0.0833. The molecule has 3 aromatic rings. The highest BCUT2D eigenvalue weighted by Crippen LogP contribution is 2.24. The number of fused-ring (bicyclic) bond motifs is 1. The van der Waals surface area contributed by atoms with E-state index < -0.39 is 0 Å². The molecule has 0 radical (unpaired) electrons. The van der Waals surface area contributed by atoms with Crippen molar-refractivity contribution in [2.24, 2.45) is 0 Å². The molecule has 2 heterocycles. The maximum atomic E-state index is 12.7. The third-order valence-electron chi connectivity index (χ3n) is 3.72. The van der Waals surface area contributed by atoms with Gasteiger partial charge in [0, 0.05) is 12.7 Å². The van der Waals surface area contributed by atoms with E-state index in [1.54, 1.807) is 43.6 Å². The van der Waals surface area contributed by atoms with Crippen LogP contribution < -0.4 is 15.6 Å². The number of methoxy groups -OCH3 is 1. The van der Waals surface area contributed by atoms with Crippen LogP contribution in [0.1, 0.15) is 0 Å². The fourth-order valence-corrected chi connectivity index (χ4v) is 3.30. The number of ether oxygens (including phenoxy) is 1. The Morgan fingerprint density at radius 3 is 2.93 bits per heavy atom. The Kier molecular flexibility index (Phi) is 5.87. The number of thioether (sulfide) groups is 1. The van der Waals surface area contributed by atoms with E-state index in [4.69, 9.17) is 4.74 Å². The molecule has 0 atom stereocenters. The van der Waals surface area contributed by atoms with Crippen LogP contribution in [0.4, 0.5) is 5.69 Å². The van der Waals surface area contributed by atoms with Crippen LogP contribution in [0, 0.1) is 0 Å². The molecule has 1 amide bonds. The SMILES string of the molecule is C=CCn1c(SCC(=O)Nc2ccccc2OC)nc2ncccc2c1=O. The first-order chi connectivity index (χ1) is 13.1. The molecule has 2 aromatic heterocycles. The second kappa shape index (κ2) is 8.50. The molecule has 138 valence electrons. The van der Waals surface area contributed by atoms with Crippen molar-refractivity contribution in [3.05, 3.63) is 65.6 Å². The van der Waals surface area contributed by atoms with Gasteiger partial charge in [-0.1, -0.05) is 30.0 Å². The van der Waals surface area contributed by atoms with E-state index in [-0.39, 0.29) is 17.2 Å². The third-order valence-corrected chi connectivity index (χ3v) is 4.70. The molecule has 1 N–H and O–H groups in total. The quantitative estimate of drug-likeness (QED) is 0.384. The number of nitrogens with one attached hydrogen (secondary N) is 1. The summed E-state index contributed by atoms with van der Waals surface area (Å²) in [6.07, 6.45) is 3.19. The van der Waals surface area contributed by atoms with Gasteiger partial charge in [0.05, 0.1) is 23.9 Å². The number of nitrogens with zero attached hydrogens (tertiary/aromatic N) is 3. The average Bonchev–Trinajstić information content (AvgIpc) is 2.69. The summed E-state index contributed by atoms with van der Waals surface area (Å²) >= 11 is 1.17. The Hall–Kier alpha value is -3.13. The first-order valence-corrected chi connectivity index (χ1v) is 9.14. The van der Waals surface area contributed by atoms with E-state index in [2.05, 4.69) is 21.9 Å². The fraction of sp³-hybridized carbons (Fsp3) is 0.158. The number of anilines is 1. The van der Waals surface area contributed by atoms with E-state index >= 15 is 0 Å². The van der Waals surface area contributed by atoms with Crippen molar-refractivity contribution in [3.8, 4) is 5.75 Å². The Morgan fingerprint density at radius 2 is 2.15 bits per heavy atom. The van der Waals surface area contributed by atoms with Gasteiger partial charge in [-0.2, -0.15) is 0 Å². The number of rotatable bonds is 7. The van der Waals surface area contributed by atoms with Crippen molar-refractivity contribution in [1.82, 2.24) is 14.5 Å². The fourth-order valence-electron chi connectivity index (χ4n) is 2.50. The van der Waals surface area contributed by atoms with Crippen LogP contribution in [0.2, 0.25) is 0 Å². The molecule has 0 aliphatic heterocycles. The maximum Gasteiger partial charge on any atom is 0.263 e. The Bertz CT molecular complexity index is 1050. The number of benzene rings is 1. The highest BCUT2D eigenvalue weighted by atomic mass is 32.2. The van der Waals surface area contributed by atoms with Crippen molar-refractivity contribution >= 4 is 34.4 Å². The number of amides is 1. The summed E-state index contributed by atoms with van der Waals surface area (Å²) in [5, 5.41) is 3.65. The Balaban J connectivity index is 1.81. The number of hydrogen-bond donors (Lipinski definition) is 1. The van der Waals surface area contributed by atoms with Crippen LogP contribution in [0.5, 0.6) is 5.75 Å². The number of allylic oxidation sites excluding steroid dienone is 1. The molecular weight excluding hydrogens is 364 g/mol. The van der Waals surface area contributed by atoms with Crippen LogP contribution in [0.15, 0.2) is 65.2 Å². The van der Waals surface area contributed by atoms with Gasteiger partial charge in [-0.3, -0.25) is 14.2 Å². The molecule has 8 heteroatoms. The van der Waals surface area contributed by atoms with Gasteiger partial charge in [0.25, 0.3) is 5.56 Å². The van der Waals surface area contributed by atoms with Gasteiger partial charge in [-0.25, -0.2) is 9.97 Å². The molecule has 0 aliphatic rings. The van der Waals surface area contributed by atoms with Crippen LogP contribution in [0.25, 0.3) is 11.0 Å². The lowest BCUT2D eigenvalue weighted by Crippen LogP contribution is -2.24. The van der Waals surface area contributed by atoms with Crippen molar-refractivity contribution < 1.29 is 9.53 Å². The summed E-state index contributed by atoms with van der Waals surface area (Å²) in [5.41, 5.74) is 0.735. The van der Waals surface area contributed by atoms with E-state index in [1.165, 1.54) is 16.3 Å². The summed E-state index contributed by atoms with van der Waals surface area (Å²) in [7, 11) is 1.54. The lowest BCUT2D eigenvalue weighted by Gasteiger charge is -2.12. The van der Waals surface area contributed by atoms with Gasteiger partial charge in [0.15, 0.2) is 10.8 Å². The lowest BCUT2D eigenvalue weighted by atomic mass is 10.3. The molecule has 0 aliphatic carbocycles. The molecule has 0 saturated carbocycles. The second-order valence-corrected chi connectivity index (χ2v) is 6.45. The van der Waals surface area contributed by atoms with Crippen molar-refractivity contribution in [3.63, 3.8) is 0 Å². The first-order valence-electron chi connectivity index (χ1n) is 8.16. The maximum absolute atomic E-state index is 12.7. The molecule has 1 aromatic carbocycles. The molecule has 3 rings (SSSR count). The van der Waals surface area contributed by atoms with Gasteiger partial charge in [-0.15, -0.1) is 6.58 Å². The molecule has 0 saturated heterocycles. The minimum Gasteiger partial charge on any atom is -0.495 e. The predicted molar refractivity (Wildman–Crippen MR) is 106 cm³/mol. The number of aromatic nitrogens is 3.